The molecule has 0 amide bonds. The second kappa shape index (κ2) is 7.12. The van der Waals surface area contributed by atoms with Crippen LogP contribution in [0.25, 0.3) is 10.2 Å². The number of nitrogens with zero attached hydrogens (tertiary/aromatic N) is 5. The quantitative estimate of drug-likeness (QED) is 0.533. The van der Waals surface area contributed by atoms with Crippen LogP contribution in [0.5, 0.6) is 0 Å². The van der Waals surface area contributed by atoms with Crippen LogP contribution in [0.2, 0.25) is 0 Å². The molecule has 1 saturated heterocycles. The van der Waals surface area contributed by atoms with Crippen molar-refractivity contribution in [3.63, 3.8) is 0 Å². The van der Waals surface area contributed by atoms with Crippen LogP contribution in [-0.4, -0.2) is 32.6 Å². The summed E-state index contributed by atoms with van der Waals surface area (Å²) in [6.07, 6.45) is 10.1. The summed E-state index contributed by atoms with van der Waals surface area (Å²) in [7, 11) is 0. The van der Waals surface area contributed by atoms with Crippen molar-refractivity contribution < 1.29 is 0 Å². The number of rotatable bonds is 4. The van der Waals surface area contributed by atoms with Gasteiger partial charge < -0.3 is 9.47 Å². The molecule has 6 heteroatoms. The van der Waals surface area contributed by atoms with Gasteiger partial charge in [0.05, 0.1) is 16.8 Å². The second-order valence-corrected chi connectivity index (χ2v) is 8.03. The van der Waals surface area contributed by atoms with Crippen molar-refractivity contribution in [2.24, 2.45) is 0 Å². The van der Waals surface area contributed by atoms with Gasteiger partial charge in [0.25, 0.3) is 0 Å². The van der Waals surface area contributed by atoms with Gasteiger partial charge in [-0.2, -0.15) is 0 Å². The Morgan fingerprint density at radius 2 is 2.07 bits per heavy atom. The van der Waals surface area contributed by atoms with Crippen molar-refractivity contribution in [3.8, 4) is 0 Å². The maximum Gasteiger partial charge on any atom is 0.186 e. The van der Waals surface area contributed by atoms with Gasteiger partial charge >= 0.3 is 0 Å². The molecule has 0 bridgehead atoms. The molecule has 0 N–H and O–H groups in total. The molecule has 1 atom stereocenters. The average molecular weight is 376 g/mol. The van der Waals surface area contributed by atoms with Gasteiger partial charge in [-0.3, -0.25) is 4.98 Å². The molecular weight excluding hydrogens is 354 g/mol. The Morgan fingerprint density at radius 3 is 2.96 bits per heavy atom. The SMILES string of the molecule is c1cncc(Cn2ccnc2[C@H]2CCCN(c3nc4ccccc4s3)C2)c1. The molecule has 5 nitrogen and oxygen atoms in total. The third kappa shape index (κ3) is 3.32. The van der Waals surface area contributed by atoms with E-state index in [1.807, 2.05) is 24.7 Å². The van der Waals surface area contributed by atoms with Crippen molar-refractivity contribution in [1.29, 1.82) is 0 Å². The number of thiazole rings is 1. The molecule has 4 heterocycles. The van der Waals surface area contributed by atoms with E-state index in [2.05, 4.69) is 51.0 Å². The van der Waals surface area contributed by atoms with Gasteiger partial charge in [-0.25, -0.2) is 9.97 Å². The number of para-hydroxylation sites is 1. The number of anilines is 1. The number of piperidine rings is 1. The summed E-state index contributed by atoms with van der Waals surface area (Å²) >= 11 is 1.79. The van der Waals surface area contributed by atoms with Gasteiger partial charge in [0, 0.05) is 43.8 Å². The highest BCUT2D eigenvalue weighted by atomic mass is 32.1. The first-order chi connectivity index (χ1) is 13.4. The fourth-order valence-corrected chi connectivity index (χ4v) is 4.86. The van der Waals surface area contributed by atoms with Crippen LogP contribution in [0, 0.1) is 0 Å². The number of fused-ring (bicyclic) bond motifs is 1. The summed E-state index contributed by atoms with van der Waals surface area (Å²) in [5.74, 6) is 1.60. The molecule has 4 aromatic rings. The van der Waals surface area contributed by atoms with Gasteiger partial charge in [-0.05, 0) is 36.6 Å². The van der Waals surface area contributed by atoms with Crippen molar-refractivity contribution in [2.75, 3.05) is 18.0 Å². The first-order valence-corrected chi connectivity index (χ1v) is 10.2. The summed E-state index contributed by atoms with van der Waals surface area (Å²) < 4.78 is 3.52. The number of imidazole rings is 1. The first-order valence-electron chi connectivity index (χ1n) is 9.37. The first kappa shape index (κ1) is 16.4. The molecule has 1 aromatic carbocycles. The molecule has 0 saturated carbocycles. The monoisotopic (exact) mass is 375 g/mol. The highest BCUT2D eigenvalue weighted by Crippen LogP contribution is 2.34. The lowest BCUT2D eigenvalue weighted by atomic mass is 9.97. The molecule has 0 spiro atoms. The fraction of sp³-hybridized carbons (Fsp3) is 0.286. The normalized spacial score (nSPS) is 17.5. The van der Waals surface area contributed by atoms with Crippen LogP contribution >= 0.6 is 11.3 Å². The van der Waals surface area contributed by atoms with Crippen molar-refractivity contribution in [1.82, 2.24) is 19.5 Å². The molecule has 3 aromatic heterocycles. The summed E-state index contributed by atoms with van der Waals surface area (Å²) in [6, 6.07) is 12.5. The van der Waals surface area contributed by atoms with Crippen LogP contribution in [0.1, 0.15) is 30.1 Å². The highest BCUT2D eigenvalue weighted by molar-refractivity contribution is 7.22. The second-order valence-electron chi connectivity index (χ2n) is 7.02. The molecule has 1 fully saturated rings. The highest BCUT2D eigenvalue weighted by Gasteiger charge is 2.26. The Kier molecular flexibility index (Phi) is 4.33. The lowest BCUT2D eigenvalue weighted by Gasteiger charge is -2.32. The minimum Gasteiger partial charge on any atom is -0.347 e. The third-order valence-electron chi connectivity index (χ3n) is 5.16. The van der Waals surface area contributed by atoms with E-state index >= 15 is 0 Å². The number of hydrogen-bond donors (Lipinski definition) is 0. The minimum absolute atomic E-state index is 0.428. The number of aromatic nitrogens is 4. The van der Waals surface area contributed by atoms with Gasteiger partial charge in [-0.15, -0.1) is 0 Å². The Hall–Kier alpha value is -2.73. The summed E-state index contributed by atoms with van der Waals surface area (Å²) in [5.41, 5.74) is 2.30. The molecule has 0 aliphatic carbocycles. The Morgan fingerprint density at radius 1 is 1.11 bits per heavy atom. The van der Waals surface area contributed by atoms with E-state index in [1.54, 1.807) is 11.3 Å². The summed E-state index contributed by atoms with van der Waals surface area (Å²) in [4.78, 5) is 16.2. The number of hydrogen-bond acceptors (Lipinski definition) is 5. The van der Waals surface area contributed by atoms with Crippen molar-refractivity contribution in [3.05, 3.63) is 72.6 Å². The van der Waals surface area contributed by atoms with E-state index in [1.165, 1.54) is 28.9 Å². The predicted molar refractivity (Wildman–Crippen MR) is 109 cm³/mol. The summed E-state index contributed by atoms with van der Waals surface area (Å²) in [6.45, 7) is 2.87. The smallest absolute Gasteiger partial charge is 0.186 e. The lowest BCUT2D eigenvalue weighted by Crippen LogP contribution is -2.35. The molecule has 136 valence electrons. The van der Waals surface area contributed by atoms with Crippen LogP contribution in [0.15, 0.2) is 61.2 Å². The number of pyridine rings is 1. The fourth-order valence-electron chi connectivity index (χ4n) is 3.86. The third-order valence-corrected chi connectivity index (χ3v) is 6.26. The van der Waals surface area contributed by atoms with Crippen LogP contribution < -0.4 is 4.90 Å². The lowest BCUT2D eigenvalue weighted by molar-refractivity contribution is 0.476. The Bertz CT molecular complexity index is 1010. The topological polar surface area (TPSA) is 46.8 Å². The van der Waals surface area contributed by atoms with Gasteiger partial charge in [0.1, 0.15) is 5.82 Å². The van der Waals surface area contributed by atoms with Crippen LogP contribution in [0.4, 0.5) is 5.13 Å². The zero-order valence-electron chi connectivity index (χ0n) is 15.0. The maximum absolute atomic E-state index is 4.85. The maximum atomic E-state index is 4.85. The number of benzene rings is 1. The average Bonchev–Trinajstić information content (AvgIpc) is 3.36. The van der Waals surface area contributed by atoms with E-state index in [4.69, 9.17) is 9.97 Å². The van der Waals surface area contributed by atoms with Crippen LogP contribution in [-0.2, 0) is 6.54 Å². The summed E-state index contributed by atoms with van der Waals surface area (Å²) in [5, 5.41) is 1.13. The van der Waals surface area contributed by atoms with Crippen molar-refractivity contribution in [2.45, 2.75) is 25.3 Å². The van der Waals surface area contributed by atoms with E-state index in [-0.39, 0.29) is 0 Å². The van der Waals surface area contributed by atoms with Gasteiger partial charge in [0.15, 0.2) is 5.13 Å². The van der Waals surface area contributed by atoms with Gasteiger partial charge in [0.2, 0.25) is 0 Å². The minimum atomic E-state index is 0.428. The molecule has 27 heavy (non-hydrogen) atoms. The van der Waals surface area contributed by atoms with Crippen LogP contribution in [0.3, 0.4) is 0 Å². The van der Waals surface area contributed by atoms with Gasteiger partial charge in [-0.1, -0.05) is 29.5 Å². The Balaban J connectivity index is 1.38. The zero-order valence-corrected chi connectivity index (χ0v) is 15.8. The predicted octanol–water partition coefficient (Wildman–Crippen LogP) is 4.32. The van der Waals surface area contributed by atoms with E-state index in [9.17, 15) is 0 Å². The molecule has 0 radical (unpaired) electrons. The zero-order chi connectivity index (χ0) is 18.1. The largest absolute Gasteiger partial charge is 0.347 e. The standard InChI is InChI=1S/C21H21N5S/c1-2-8-19-18(7-1)24-21(27-19)26-11-4-6-17(15-26)20-23-10-12-25(20)14-16-5-3-9-22-13-16/h1-3,5,7-10,12-13,17H,4,6,11,14-15H2/t17-/m0/s1. The molecule has 5 rings (SSSR count). The van der Waals surface area contributed by atoms with E-state index in [0.717, 1.165) is 30.3 Å². The molecule has 1 aliphatic rings. The molecular formula is C21H21N5S. The molecule has 0 unspecified atom stereocenters. The Labute approximate surface area is 162 Å². The van der Waals surface area contributed by atoms with E-state index in [0.29, 0.717) is 5.92 Å². The van der Waals surface area contributed by atoms with E-state index < -0.39 is 0 Å². The van der Waals surface area contributed by atoms with Crippen molar-refractivity contribution >= 4 is 26.7 Å². The molecule has 1 aliphatic heterocycles.